The zero-order valence-electron chi connectivity index (χ0n) is 10.4. The topological polar surface area (TPSA) is 63.9 Å². The first-order valence-corrected chi connectivity index (χ1v) is 6.17. The fourth-order valence-electron chi connectivity index (χ4n) is 2.22. The number of rotatable bonds is 4. The third-order valence-corrected chi connectivity index (χ3v) is 3.70. The highest BCUT2D eigenvalue weighted by Gasteiger charge is 2.45. The van der Waals surface area contributed by atoms with Crippen molar-refractivity contribution >= 4 is 0 Å². The molecule has 0 spiro atoms. The van der Waals surface area contributed by atoms with E-state index in [9.17, 15) is 0 Å². The molecule has 1 fully saturated rings. The predicted octanol–water partition coefficient (Wildman–Crippen LogP) is 2.08. The molecule has 18 heavy (non-hydrogen) atoms. The van der Waals surface area contributed by atoms with Gasteiger partial charge in [-0.2, -0.15) is 0 Å². The lowest BCUT2D eigenvalue weighted by Crippen LogP contribution is -2.21. The Balaban J connectivity index is 1.93. The molecule has 1 saturated carbocycles. The van der Waals surface area contributed by atoms with Gasteiger partial charge in [-0.05, 0) is 25.0 Å². The lowest BCUT2D eigenvalue weighted by molar-refractivity contribution is 0.415. The van der Waals surface area contributed by atoms with Gasteiger partial charge >= 0.3 is 0 Å². The van der Waals surface area contributed by atoms with Gasteiger partial charge in [-0.15, -0.1) is 0 Å². The molecule has 3 N–H and O–H groups in total. The zero-order chi connectivity index (χ0) is 12.6. The van der Waals surface area contributed by atoms with Crippen molar-refractivity contribution in [2.75, 3.05) is 13.7 Å². The lowest BCUT2D eigenvalue weighted by atomic mass is 10.1. The molecule has 4 heteroatoms. The summed E-state index contributed by atoms with van der Waals surface area (Å²) in [6, 6.07) is 7.95. The molecule has 2 aromatic rings. The van der Waals surface area contributed by atoms with E-state index in [1.54, 1.807) is 7.11 Å². The number of aromatic nitrogens is 2. The second-order valence-electron chi connectivity index (χ2n) is 4.86. The van der Waals surface area contributed by atoms with E-state index in [4.69, 9.17) is 10.5 Å². The van der Waals surface area contributed by atoms with Crippen molar-refractivity contribution in [1.82, 2.24) is 9.97 Å². The van der Waals surface area contributed by atoms with E-state index < -0.39 is 0 Å². The molecular weight excluding hydrogens is 226 g/mol. The van der Waals surface area contributed by atoms with Crippen molar-refractivity contribution in [2.45, 2.75) is 18.3 Å². The molecular formula is C14H17N3O. The molecule has 0 amide bonds. The Labute approximate surface area is 106 Å². The highest BCUT2D eigenvalue weighted by atomic mass is 16.5. The van der Waals surface area contributed by atoms with E-state index in [0.29, 0.717) is 6.54 Å². The SMILES string of the molecule is COc1cccc(-c2cnc(C3(CN)CC3)[nH]2)c1. The van der Waals surface area contributed by atoms with Crippen molar-refractivity contribution in [3.8, 4) is 17.0 Å². The molecule has 94 valence electrons. The molecule has 1 aromatic heterocycles. The first-order valence-electron chi connectivity index (χ1n) is 6.17. The number of nitrogens with zero attached hydrogens (tertiary/aromatic N) is 1. The predicted molar refractivity (Wildman–Crippen MR) is 70.5 cm³/mol. The summed E-state index contributed by atoms with van der Waals surface area (Å²) in [7, 11) is 1.67. The van der Waals surface area contributed by atoms with Crippen molar-refractivity contribution < 1.29 is 4.74 Å². The number of imidazole rings is 1. The van der Waals surface area contributed by atoms with Gasteiger partial charge < -0.3 is 15.5 Å². The van der Waals surface area contributed by atoms with Crippen LogP contribution in [0.2, 0.25) is 0 Å². The summed E-state index contributed by atoms with van der Waals surface area (Å²) in [6.07, 6.45) is 4.14. The van der Waals surface area contributed by atoms with Crippen LogP contribution in [0.4, 0.5) is 0 Å². The second-order valence-corrected chi connectivity index (χ2v) is 4.86. The minimum atomic E-state index is 0.108. The molecule has 1 aliphatic rings. The quantitative estimate of drug-likeness (QED) is 0.864. The van der Waals surface area contributed by atoms with Gasteiger partial charge in [-0.25, -0.2) is 4.98 Å². The standard InChI is InChI=1S/C14H17N3O/c1-18-11-4-2-3-10(7-11)12-8-16-13(17-12)14(9-15)5-6-14/h2-4,7-8H,5-6,9,15H2,1H3,(H,16,17). The first-order chi connectivity index (χ1) is 8.77. The summed E-state index contributed by atoms with van der Waals surface area (Å²) in [4.78, 5) is 7.86. The fraction of sp³-hybridized carbons (Fsp3) is 0.357. The zero-order valence-corrected chi connectivity index (χ0v) is 10.4. The van der Waals surface area contributed by atoms with Crippen molar-refractivity contribution in [1.29, 1.82) is 0 Å². The summed E-state index contributed by atoms with van der Waals surface area (Å²) in [5.74, 6) is 1.87. The number of ether oxygens (including phenoxy) is 1. The maximum absolute atomic E-state index is 5.81. The Morgan fingerprint density at radius 2 is 2.28 bits per heavy atom. The summed E-state index contributed by atoms with van der Waals surface area (Å²) < 4.78 is 5.23. The average Bonchev–Trinajstić information content (AvgIpc) is 3.08. The lowest BCUT2D eigenvalue weighted by Gasteiger charge is -2.07. The van der Waals surface area contributed by atoms with Gasteiger partial charge in [0.2, 0.25) is 0 Å². The van der Waals surface area contributed by atoms with Crippen molar-refractivity contribution in [3.63, 3.8) is 0 Å². The van der Waals surface area contributed by atoms with Gasteiger partial charge in [0.15, 0.2) is 0 Å². The largest absolute Gasteiger partial charge is 0.497 e. The Bertz CT molecular complexity index is 558. The van der Waals surface area contributed by atoms with Gasteiger partial charge in [0, 0.05) is 17.5 Å². The fourth-order valence-corrected chi connectivity index (χ4v) is 2.22. The number of H-pyrrole nitrogens is 1. The molecule has 0 atom stereocenters. The number of nitrogens with one attached hydrogen (secondary N) is 1. The Morgan fingerprint density at radius 3 is 2.94 bits per heavy atom. The second kappa shape index (κ2) is 4.14. The number of methoxy groups -OCH3 is 1. The van der Waals surface area contributed by atoms with Crippen LogP contribution in [-0.4, -0.2) is 23.6 Å². The normalized spacial score (nSPS) is 16.6. The van der Waals surface area contributed by atoms with Crippen LogP contribution in [0.25, 0.3) is 11.3 Å². The Morgan fingerprint density at radius 1 is 1.44 bits per heavy atom. The molecule has 3 rings (SSSR count). The summed E-state index contributed by atoms with van der Waals surface area (Å²) >= 11 is 0. The maximum Gasteiger partial charge on any atom is 0.119 e. The van der Waals surface area contributed by atoms with E-state index in [1.807, 2.05) is 30.5 Å². The summed E-state index contributed by atoms with van der Waals surface area (Å²) in [5, 5.41) is 0. The third-order valence-electron chi connectivity index (χ3n) is 3.70. The third kappa shape index (κ3) is 1.78. The van der Waals surface area contributed by atoms with Gasteiger partial charge in [-0.1, -0.05) is 12.1 Å². The summed E-state index contributed by atoms with van der Waals surface area (Å²) in [5.41, 5.74) is 8.02. The molecule has 1 heterocycles. The Kier molecular flexibility index (Phi) is 2.59. The van der Waals surface area contributed by atoms with Crippen LogP contribution in [0.15, 0.2) is 30.5 Å². The number of hydrogen-bond acceptors (Lipinski definition) is 3. The highest BCUT2D eigenvalue weighted by Crippen LogP contribution is 2.46. The van der Waals surface area contributed by atoms with Crippen LogP contribution < -0.4 is 10.5 Å². The first kappa shape index (κ1) is 11.3. The maximum atomic E-state index is 5.81. The highest BCUT2D eigenvalue weighted by molar-refractivity contribution is 5.61. The van der Waals surface area contributed by atoms with Crippen LogP contribution in [0.1, 0.15) is 18.7 Å². The Hall–Kier alpha value is -1.81. The van der Waals surface area contributed by atoms with Gasteiger partial charge in [-0.3, -0.25) is 0 Å². The molecule has 0 bridgehead atoms. The average molecular weight is 243 g/mol. The van der Waals surface area contributed by atoms with Crippen molar-refractivity contribution in [3.05, 3.63) is 36.3 Å². The van der Waals surface area contributed by atoms with Crippen LogP contribution in [0.5, 0.6) is 5.75 Å². The molecule has 1 aliphatic carbocycles. The van der Waals surface area contributed by atoms with E-state index in [2.05, 4.69) is 9.97 Å². The van der Waals surface area contributed by atoms with Crippen LogP contribution in [0.3, 0.4) is 0 Å². The van der Waals surface area contributed by atoms with Crippen LogP contribution in [0, 0.1) is 0 Å². The molecule has 0 aliphatic heterocycles. The van der Waals surface area contributed by atoms with Gasteiger partial charge in [0.1, 0.15) is 11.6 Å². The van der Waals surface area contributed by atoms with Crippen LogP contribution in [-0.2, 0) is 5.41 Å². The van der Waals surface area contributed by atoms with Crippen LogP contribution >= 0.6 is 0 Å². The monoisotopic (exact) mass is 243 g/mol. The smallest absolute Gasteiger partial charge is 0.119 e. The van der Waals surface area contributed by atoms with Gasteiger partial charge in [0.05, 0.1) is 19.0 Å². The number of nitrogens with two attached hydrogens (primary N) is 1. The minimum absolute atomic E-state index is 0.108. The number of hydrogen-bond donors (Lipinski definition) is 2. The number of benzene rings is 1. The molecule has 0 unspecified atom stereocenters. The van der Waals surface area contributed by atoms with Gasteiger partial charge in [0.25, 0.3) is 0 Å². The molecule has 0 saturated heterocycles. The van der Waals surface area contributed by atoms with Crippen molar-refractivity contribution in [2.24, 2.45) is 5.73 Å². The van der Waals surface area contributed by atoms with E-state index in [-0.39, 0.29) is 5.41 Å². The molecule has 0 radical (unpaired) electrons. The molecule has 1 aromatic carbocycles. The van der Waals surface area contributed by atoms with E-state index in [0.717, 1.165) is 35.7 Å². The number of aromatic amines is 1. The van der Waals surface area contributed by atoms with E-state index in [1.165, 1.54) is 0 Å². The summed E-state index contributed by atoms with van der Waals surface area (Å²) in [6.45, 7) is 0.665. The minimum Gasteiger partial charge on any atom is -0.497 e. The van der Waals surface area contributed by atoms with E-state index >= 15 is 0 Å². The molecule has 4 nitrogen and oxygen atoms in total.